The molecule has 6 heteroatoms. The van der Waals surface area contributed by atoms with E-state index < -0.39 is 0 Å². The number of carbonyl (C=O) groups excluding carboxylic acids is 2. The molecule has 0 radical (unpaired) electrons. The second-order valence-corrected chi connectivity index (χ2v) is 9.47. The van der Waals surface area contributed by atoms with Gasteiger partial charge in [-0.15, -0.1) is 0 Å². The molecule has 0 N–H and O–H groups in total. The van der Waals surface area contributed by atoms with Crippen LogP contribution in [-0.2, 0) is 9.59 Å². The number of hydrogen-bond acceptors (Lipinski definition) is 4. The van der Waals surface area contributed by atoms with E-state index in [0.29, 0.717) is 31.8 Å². The number of hydrogen-bond donors (Lipinski definition) is 0. The third-order valence-electron chi connectivity index (χ3n) is 6.76. The zero-order valence-electron chi connectivity index (χ0n) is 22.3. The molecule has 0 bridgehead atoms. The predicted molar refractivity (Wildman–Crippen MR) is 145 cm³/mol. The summed E-state index contributed by atoms with van der Waals surface area (Å²) >= 11 is 0. The number of para-hydroxylation sites is 1. The summed E-state index contributed by atoms with van der Waals surface area (Å²) in [5.41, 5.74) is 1.02. The van der Waals surface area contributed by atoms with Gasteiger partial charge in [0.25, 0.3) is 0 Å². The van der Waals surface area contributed by atoms with E-state index in [0.717, 1.165) is 76.1 Å². The van der Waals surface area contributed by atoms with Crippen molar-refractivity contribution >= 4 is 17.9 Å². The van der Waals surface area contributed by atoms with Crippen LogP contribution < -0.4 is 4.74 Å². The van der Waals surface area contributed by atoms with Crippen LogP contribution in [0.4, 0.5) is 0 Å². The second kappa shape index (κ2) is 17.1. The van der Waals surface area contributed by atoms with Gasteiger partial charge in [-0.05, 0) is 18.9 Å². The Hall–Kier alpha value is -2.34. The van der Waals surface area contributed by atoms with E-state index in [1.807, 2.05) is 40.1 Å². The smallest absolute Gasteiger partial charge is 0.222 e. The number of ether oxygens (including phenoxy) is 1. The summed E-state index contributed by atoms with van der Waals surface area (Å²) < 4.78 is 5.43. The second-order valence-electron chi connectivity index (χ2n) is 9.47. The van der Waals surface area contributed by atoms with Crippen LogP contribution in [0, 0.1) is 0 Å². The number of amides is 2. The van der Waals surface area contributed by atoms with Crippen LogP contribution in [0.3, 0.4) is 0 Å². The Morgan fingerprint density at radius 3 is 2.34 bits per heavy atom. The van der Waals surface area contributed by atoms with Gasteiger partial charge >= 0.3 is 0 Å². The minimum Gasteiger partial charge on any atom is -0.496 e. The van der Waals surface area contributed by atoms with Gasteiger partial charge in [0, 0.05) is 64.2 Å². The molecule has 0 aromatic heterocycles. The van der Waals surface area contributed by atoms with E-state index in [1.54, 1.807) is 7.11 Å². The molecule has 0 unspecified atom stereocenters. The molecule has 196 valence electrons. The van der Waals surface area contributed by atoms with Crippen LogP contribution in [0.2, 0.25) is 0 Å². The largest absolute Gasteiger partial charge is 0.496 e. The van der Waals surface area contributed by atoms with E-state index >= 15 is 0 Å². The topological polar surface area (TPSA) is 53.1 Å². The first-order valence-corrected chi connectivity index (χ1v) is 13.7. The lowest BCUT2D eigenvalue weighted by Gasteiger charge is -2.36. The molecule has 0 spiro atoms. The number of methoxy groups -OCH3 is 1. The van der Waals surface area contributed by atoms with Gasteiger partial charge in [-0.3, -0.25) is 14.5 Å². The number of rotatable bonds is 16. The number of unbranched alkanes of at least 4 members (excludes halogenated alkanes) is 5. The molecule has 2 rings (SSSR count). The van der Waals surface area contributed by atoms with Crippen molar-refractivity contribution in [3.8, 4) is 5.75 Å². The summed E-state index contributed by atoms with van der Waals surface area (Å²) in [5, 5.41) is 0. The Kier molecular flexibility index (Phi) is 14.2. The molecule has 0 aliphatic carbocycles. The van der Waals surface area contributed by atoms with Gasteiger partial charge in [0.2, 0.25) is 11.8 Å². The fourth-order valence-electron chi connectivity index (χ4n) is 4.46. The quantitative estimate of drug-likeness (QED) is 0.301. The lowest BCUT2D eigenvalue weighted by molar-refractivity contribution is -0.133. The molecular weight excluding hydrogens is 438 g/mol. The summed E-state index contributed by atoms with van der Waals surface area (Å²) in [4.78, 5) is 31.8. The van der Waals surface area contributed by atoms with E-state index in [1.165, 1.54) is 12.8 Å². The molecule has 1 fully saturated rings. The van der Waals surface area contributed by atoms with Gasteiger partial charge in [0.05, 0.1) is 7.11 Å². The van der Waals surface area contributed by atoms with E-state index in [9.17, 15) is 9.59 Å². The molecule has 1 aliphatic rings. The van der Waals surface area contributed by atoms with Crippen molar-refractivity contribution in [2.24, 2.45) is 0 Å². The van der Waals surface area contributed by atoms with Crippen molar-refractivity contribution in [3.05, 3.63) is 35.9 Å². The van der Waals surface area contributed by atoms with Crippen molar-refractivity contribution in [1.82, 2.24) is 14.7 Å². The average molecular weight is 486 g/mol. The van der Waals surface area contributed by atoms with Crippen molar-refractivity contribution in [1.29, 1.82) is 0 Å². The third kappa shape index (κ3) is 10.9. The van der Waals surface area contributed by atoms with Gasteiger partial charge in [0.15, 0.2) is 0 Å². The first-order chi connectivity index (χ1) is 17.1. The minimum atomic E-state index is 0.226. The molecule has 0 saturated carbocycles. The van der Waals surface area contributed by atoms with Crippen molar-refractivity contribution in [2.45, 2.75) is 71.6 Å². The monoisotopic (exact) mass is 485 g/mol. The molecule has 0 atom stereocenters. The lowest BCUT2D eigenvalue weighted by Crippen LogP contribution is -2.50. The maximum absolute atomic E-state index is 12.9. The summed E-state index contributed by atoms with van der Waals surface area (Å²) in [5.74, 6) is 1.36. The highest BCUT2D eigenvalue weighted by Crippen LogP contribution is 2.18. The van der Waals surface area contributed by atoms with Crippen LogP contribution in [0.5, 0.6) is 5.75 Å². The molecule has 1 aliphatic heterocycles. The molecule has 1 aromatic rings. The fourth-order valence-corrected chi connectivity index (χ4v) is 4.46. The SMILES string of the molecule is CCCCCCC(=O)N1CCN(CCN(C/C=C/c2ccccc2OC)C(=O)CCCCC)CC1. The third-order valence-corrected chi connectivity index (χ3v) is 6.76. The Bertz CT molecular complexity index is 772. The zero-order chi connectivity index (χ0) is 25.3. The summed E-state index contributed by atoms with van der Waals surface area (Å²) in [6.07, 6.45) is 13.1. The number of benzene rings is 1. The molecule has 1 aromatic carbocycles. The predicted octanol–water partition coefficient (Wildman–Crippen LogP) is 5.23. The van der Waals surface area contributed by atoms with Crippen LogP contribution in [0.25, 0.3) is 6.08 Å². The van der Waals surface area contributed by atoms with E-state index in [4.69, 9.17) is 4.74 Å². The average Bonchev–Trinajstić information content (AvgIpc) is 2.89. The molecular formula is C29H47N3O3. The van der Waals surface area contributed by atoms with Crippen molar-refractivity contribution in [2.75, 3.05) is 52.9 Å². The Labute approximate surface area is 213 Å². The standard InChI is InChI=1S/C29H47N3O3/c1-4-6-8-10-18-29(34)32-24-21-30(22-25-32)20-23-31(28(33)17-9-7-5-2)19-13-15-26-14-11-12-16-27(26)35-3/h11-16H,4-10,17-25H2,1-3H3/b15-13+. The van der Waals surface area contributed by atoms with Gasteiger partial charge < -0.3 is 14.5 Å². The number of nitrogens with zero attached hydrogens (tertiary/aromatic N) is 3. The zero-order valence-corrected chi connectivity index (χ0v) is 22.3. The number of piperazine rings is 1. The summed E-state index contributed by atoms with van der Waals surface area (Å²) in [6.45, 7) is 9.87. The highest BCUT2D eigenvalue weighted by Gasteiger charge is 2.21. The van der Waals surface area contributed by atoms with Gasteiger partial charge in [-0.2, -0.15) is 0 Å². The number of carbonyl (C=O) groups is 2. The van der Waals surface area contributed by atoms with Gasteiger partial charge in [-0.25, -0.2) is 0 Å². The summed E-state index contributed by atoms with van der Waals surface area (Å²) in [7, 11) is 1.68. The van der Waals surface area contributed by atoms with E-state index in [2.05, 4.69) is 24.8 Å². The molecule has 6 nitrogen and oxygen atoms in total. The molecule has 35 heavy (non-hydrogen) atoms. The van der Waals surface area contributed by atoms with Crippen molar-refractivity contribution in [3.63, 3.8) is 0 Å². The van der Waals surface area contributed by atoms with Gasteiger partial charge in [0.1, 0.15) is 5.75 Å². The first kappa shape index (κ1) is 28.9. The molecule has 2 amide bonds. The highest BCUT2D eigenvalue weighted by molar-refractivity contribution is 5.77. The van der Waals surface area contributed by atoms with Crippen LogP contribution >= 0.6 is 0 Å². The van der Waals surface area contributed by atoms with Gasteiger partial charge in [-0.1, -0.05) is 76.3 Å². The maximum atomic E-state index is 12.9. The minimum absolute atomic E-state index is 0.226. The lowest BCUT2D eigenvalue weighted by atomic mass is 10.1. The van der Waals surface area contributed by atoms with Crippen LogP contribution in [0.1, 0.15) is 77.2 Å². The van der Waals surface area contributed by atoms with Crippen molar-refractivity contribution < 1.29 is 14.3 Å². The molecule has 1 heterocycles. The first-order valence-electron chi connectivity index (χ1n) is 13.7. The van der Waals surface area contributed by atoms with Crippen LogP contribution in [0.15, 0.2) is 30.3 Å². The fraction of sp³-hybridized carbons (Fsp3) is 0.655. The normalized spacial score (nSPS) is 14.4. The van der Waals surface area contributed by atoms with Crippen LogP contribution in [-0.4, -0.2) is 79.4 Å². The summed E-state index contributed by atoms with van der Waals surface area (Å²) in [6, 6.07) is 7.92. The Morgan fingerprint density at radius 1 is 0.943 bits per heavy atom. The Morgan fingerprint density at radius 2 is 1.63 bits per heavy atom. The maximum Gasteiger partial charge on any atom is 0.222 e. The molecule has 1 saturated heterocycles. The van der Waals surface area contributed by atoms with E-state index in [-0.39, 0.29) is 5.91 Å². The Balaban J connectivity index is 1.84. The highest BCUT2D eigenvalue weighted by atomic mass is 16.5.